The van der Waals surface area contributed by atoms with Gasteiger partial charge < -0.3 is 15.5 Å². The van der Waals surface area contributed by atoms with Crippen molar-refractivity contribution in [3.05, 3.63) is 29.3 Å². The Morgan fingerprint density at radius 1 is 1.33 bits per heavy atom. The van der Waals surface area contributed by atoms with Gasteiger partial charge in [0.05, 0.1) is 17.7 Å². The van der Waals surface area contributed by atoms with E-state index in [2.05, 4.69) is 5.32 Å². The molecule has 100 valence electrons. The van der Waals surface area contributed by atoms with Gasteiger partial charge in [0.1, 0.15) is 5.75 Å². The van der Waals surface area contributed by atoms with Crippen LogP contribution in [0.25, 0.3) is 0 Å². The van der Waals surface area contributed by atoms with E-state index in [-0.39, 0.29) is 23.8 Å². The summed E-state index contributed by atoms with van der Waals surface area (Å²) in [5, 5.41) is 21.9. The Morgan fingerprint density at radius 3 is 2.44 bits per heavy atom. The Hall–Kier alpha value is -1.55. The summed E-state index contributed by atoms with van der Waals surface area (Å²) in [6.07, 6.45) is 1.27. The third-order valence-corrected chi connectivity index (χ3v) is 3.43. The number of hydrogen-bond donors (Lipinski definition) is 3. The van der Waals surface area contributed by atoms with Gasteiger partial charge in [0, 0.05) is 0 Å². The zero-order valence-electron chi connectivity index (χ0n) is 11.2. The van der Waals surface area contributed by atoms with Crippen molar-refractivity contribution in [2.45, 2.75) is 39.2 Å². The molecule has 1 aromatic rings. The lowest BCUT2D eigenvalue weighted by atomic mass is 9.93. The molecule has 0 heterocycles. The minimum absolute atomic E-state index is 0.0443. The van der Waals surface area contributed by atoms with Crippen LogP contribution in [0.15, 0.2) is 18.2 Å². The topological polar surface area (TPSA) is 69.6 Å². The Labute approximate surface area is 108 Å². The van der Waals surface area contributed by atoms with E-state index < -0.39 is 5.54 Å². The van der Waals surface area contributed by atoms with Crippen molar-refractivity contribution in [3.8, 4) is 5.75 Å². The van der Waals surface area contributed by atoms with Crippen LogP contribution in [0.1, 0.15) is 42.6 Å². The van der Waals surface area contributed by atoms with E-state index in [1.54, 1.807) is 12.1 Å². The minimum atomic E-state index is -0.618. The standard InChI is InChI=1S/C14H21NO3/c1-4-14(5-2,9-16)15-13(18)11-8-10(3)6-7-12(11)17/h6-8,16-17H,4-5,9H2,1-3H3,(H,15,18). The van der Waals surface area contributed by atoms with Crippen LogP contribution in [0.5, 0.6) is 5.75 Å². The largest absolute Gasteiger partial charge is 0.507 e. The predicted molar refractivity (Wildman–Crippen MR) is 70.7 cm³/mol. The minimum Gasteiger partial charge on any atom is -0.507 e. The molecule has 18 heavy (non-hydrogen) atoms. The first kappa shape index (κ1) is 14.5. The van der Waals surface area contributed by atoms with E-state index in [4.69, 9.17) is 0 Å². The van der Waals surface area contributed by atoms with Crippen molar-refractivity contribution >= 4 is 5.91 Å². The number of aliphatic hydroxyl groups is 1. The second-order valence-electron chi connectivity index (χ2n) is 4.62. The number of rotatable bonds is 5. The zero-order valence-corrected chi connectivity index (χ0v) is 11.2. The zero-order chi connectivity index (χ0) is 13.8. The molecule has 4 nitrogen and oxygen atoms in total. The van der Waals surface area contributed by atoms with Crippen molar-refractivity contribution in [1.82, 2.24) is 5.32 Å². The smallest absolute Gasteiger partial charge is 0.255 e. The number of aromatic hydroxyl groups is 1. The molecule has 1 rings (SSSR count). The average Bonchev–Trinajstić information content (AvgIpc) is 2.38. The summed E-state index contributed by atoms with van der Waals surface area (Å²) < 4.78 is 0. The van der Waals surface area contributed by atoms with Gasteiger partial charge in [-0.2, -0.15) is 0 Å². The Morgan fingerprint density at radius 2 is 1.94 bits per heavy atom. The fourth-order valence-electron chi connectivity index (χ4n) is 1.83. The van der Waals surface area contributed by atoms with E-state index in [1.165, 1.54) is 6.07 Å². The van der Waals surface area contributed by atoms with Crippen molar-refractivity contribution in [3.63, 3.8) is 0 Å². The van der Waals surface area contributed by atoms with Crippen LogP contribution >= 0.6 is 0 Å². The Bertz CT molecular complexity index is 417. The number of aliphatic hydroxyl groups excluding tert-OH is 1. The first-order chi connectivity index (χ1) is 8.48. The molecular weight excluding hydrogens is 230 g/mol. The molecule has 0 saturated heterocycles. The number of carbonyl (C=O) groups is 1. The molecule has 0 fully saturated rings. The fourth-order valence-corrected chi connectivity index (χ4v) is 1.83. The molecule has 0 aliphatic rings. The SMILES string of the molecule is CCC(CC)(CO)NC(=O)c1cc(C)ccc1O. The highest BCUT2D eigenvalue weighted by Gasteiger charge is 2.28. The van der Waals surface area contributed by atoms with E-state index in [9.17, 15) is 15.0 Å². The van der Waals surface area contributed by atoms with Crippen LogP contribution in [-0.4, -0.2) is 28.3 Å². The number of benzene rings is 1. The van der Waals surface area contributed by atoms with Crippen molar-refractivity contribution in [1.29, 1.82) is 0 Å². The second-order valence-corrected chi connectivity index (χ2v) is 4.62. The number of hydrogen-bond acceptors (Lipinski definition) is 3. The van der Waals surface area contributed by atoms with E-state index in [1.807, 2.05) is 20.8 Å². The van der Waals surface area contributed by atoms with Crippen LogP contribution in [-0.2, 0) is 0 Å². The van der Waals surface area contributed by atoms with Crippen LogP contribution in [0, 0.1) is 6.92 Å². The van der Waals surface area contributed by atoms with Gasteiger partial charge in [-0.05, 0) is 31.9 Å². The van der Waals surface area contributed by atoms with Crippen molar-refractivity contribution in [2.75, 3.05) is 6.61 Å². The van der Waals surface area contributed by atoms with Gasteiger partial charge in [0.25, 0.3) is 5.91 Å². The number of phenols is 1. The molecule has 0 bridgehead atoms. The normalized spacial score (nSPS) is 11.3. The third-order valence-electron chi connectivity index (χ3n) is 3.43. The quantitative estimate of drug-likeness (QED) is 0.749. The van der Waals surface area contributed by atoms with E-state index in [0.29, 0.717) is 12.8 Å². The monoisotopic (exact) mass is 251 g/mol. The lowest BCUT2D eigenvalue weighted by molar-refractivity contribution is 0.0815. The van der Waals surface area contributed by atoms with Crippen molar-refractivity contribution < 1.29 is 15.0 Å². The maximum atomic E-state index is 12.1. The van der Waals surface area contributed by atoms with Gasteiger partial charge >= 0.3 is 0 Å². The van der Waals surface area contributed by atoms with Gasteiger partial charge in [-0.3, -0.25) is 4.79 Å². The lowest BCUT2D eigenvalue weighted by Crippen LogP contribution is -2.50. The first-order valence-corrected chi connectivity index (χ1v) is 6.21. The molecular formula is C14H21NO3. The first-order valence-electron chi connectivity index (χ1n) is 6.21. The molecule has 4 heteroatoms. The molecule has 0 aromatic heterocycles. The summed E-state index contributed by atoms with van der Waals surface area (Å²) in [7, 11) is 0. The summed E-state index contributed by atoms with van der Waals surface area (Å²) in [4.78, 5) is 12.1. The molecule has 0 spiro atoms. The summed E-state index contributed by atoms with van der Waals surface area (Å²) >= 11 is 0. The molecule has 0 radical (unpaired) electrons. The van der Waals surface area contributed by atoms with Gasteiger partial charge in [0.15, 0.2) is 0 Å². The van der Waals surface area contributed by atoms with Gasteiger partial charge in [-0.15, -0.1) is 0 Å². The molecule has 0 unspecified atom stereocenters. The van der Waals surface area contributed by atoms with Crippen LogP contribution in [0.2, 0.25) is 0 Å². The molecule has 3 N–H and O–H groups in total. The number of phenolic OH excluding ortho intramolecular Hbond substituents is 1. The lowest BCUT2D eigenvalue weighted by Gasteiger charge is -2.30. The Balaban J connectivity index is 2.97. The molecule has 0 aliphatic heterocycles. The molecule has 0 saturated carbocycles. The highest BCUT2D eigenvalue weighted by atomic mass is 16.3. The van der Waals surface area contributed by atoms with Crippen LogP contribution < -0.4 is 5.32 Å². The molecule has 1 amide bonds. The third kappa shape index (κ3) is 3.01. The number of carbonyl (C=O) groups excluding carboxylic acids is 1. The summed E-state index contributed by atoms with van der Waals surface area (Å²) in [5.74, 6) is -0.397. The maximum absolute atomic E-state index is 12.1. The molecule has 0 atom stereocenters. The second kappa shape index (κ2) is 5.87. The fraction of sp³-hybridized carbons (Fsp3) is 0.500. The van der Waals surface area contributed by atoms with Gasteiger partial charge in [-0.1, -0.05) is 25.5 Å². The highest BCUT2D eigenvalue weighted by Crippen LogP contribution is 2.21. The van der Waals surface area contributed by atoms with E-state index in [0.717, 1.165) is 5.56 Å². The average molecular weight is 251 g/mol. The predicted octanol–water partition coefficient (Wildman–Crippen LogP) is 1.98. The summed E-state index contributed by atoms with van der Waals surface area (Å²) in [5.41, 5.74) is 0.531. The number of amides is 1. The highest BCUT2D eigenvalue weighted by molar-refractivity contribution is 5.97. The van der Waals surface area contributed by atoms with Gasteiger partial charge in [-0.25, -0.2) is 0 Å². The number of aryl methyl sites for hydroxylation is 1. The Kier molecular flexibility index (Phi) is 4.73. The van der Waals surface area contributed by atoms with Crippen molar-refractivity contribution in [2.24, 2.45) is 0 Å². The van der Waals surface area contributed by atoms with Gasteiger partial charge in [0.2, 0.25) is 0 Å². The molecule has 0 aliphatic carbocycles. The summed E-state index contributed by atoms with van der Waals surface area (Å²) in [6.45, 7) is 5.57. The van der Waals surface area contributed by atoms with Crippen LogP contribution in [0.4, 0.5) is 0 Å². The number of nitrogens with one attached hydrogen (secondary N) is 1. The summed E-state index contributed by atoms with van der Waals surface area (Å²) in [6, 6.07) is 4.88. The van der Waals surface area contributed by atoms with E-state index >= 15 is 0 Å². The van der Waals surface area contributed by atoms with Crippen LogP contribution in [0.3, 0.4) is 0 Å². The molecule has 1 aromatic carbocycles. The maximum Gasteiger partial charge on any atom is 0.255 e.